The highest BCUT2D eigenvalue weighted by Gasteiger charge is 2.07. The number of carbonyl (C=O) groups is 1. The first-order chi connectivity index (χ1) is 10.8. The molecule has 0 N–H and O–H groups in total. The molecule has 3 heteroatoms. The Hall–Kier alpha value is -2.68. The van der Waals surface area contributed by atoms with E-state index in [1.54, 1.807) is 23.3 Å². The molecule has 0 amide bonds. The van der Waals surface area contributed by atoms with Crippen LogP contribution in [-0.4, -0.2) is 15.3 Å². The van der Waals surface area contributed by atoms with Crippen LogP contribution in [0, 0.1) is 0 Å². The van der Waals surface area contributed by atoms with Crippen molar-refractivity contribution >= 4 is 16.6 Å². The fraction of sp³-hybridized carbons (Fsp3) is 0.158. The summed E-state index contributed by atoms with van der Waals surface area (Å²) in [6.07, 6.45) is 6.16. The predicted molar refractivity (Wildman–Crippen MR) is 91.1 cm³/mol. The normalized spacial score (nSPS) is 10.0. The van der Waals surface area contributed by atoms with Crippen molar-refractivity contribution in [1.29, 1.82) is 0 Å². The fourth-order valence-electron chi connectivity index (χ4n) is 2.33. The molecule has 1 aromatic heterocycles. The van der Waals surface area contributed by atoms with Crippen molar-refractivity contribution in [1.82, 2.24) is 9.55 Å². The van der Waals surface area contributed by atoms with Gasteiger partial charge in [0.05, 0.1) is 12.9 Å². The Morgan fingerprint density at radius 1 is 1.14 bits per heavy atom. The molecule has 1 heterocycles. The Bertz CT molecular complexity index is 760. The van der Waals surface area contributed by atoms with Gasteiger partial charge in [0.2, 0.25) is 0 Å². The van der Waals surface area contributed by atoms with Gasteiger partial charge < -0.3 is 4.57 Å². The molecule has 0 radical (unpaired) electrons. The molecule has 0 bridgehead atoms. The average molecular weight is 292 g/mol. The molecule has 0 atom stereocenters. The quantitative estimate of drug-likeness (QED) is 0.531. The van der Waals surface area contributed by atoms with E-state index in [0.29, 0.717) is 6.54 Å². The zero-order chi connectivity index (χ0) is 15.9. The third-order valence-electron chi connectivity index (χ3n) is 3.52. The SMILES string of the molecule is C=C.CCc1ccc2cc(C(=O)Cn3ccnc3)ccc2c1. The van der Waals surface area contributed by atoms with Crippen LogP contribution in [0.1, 0.15) is 22.8 Å². The number of aromatic nitrogens is 2. The first kappa shape index (κ1) is 15.7. The van der Waals surface area contributed by atoms with E-state index in [-0.39, 0.29) is 5.78 Å². The van der Waals surface area contributed by atoms with Crippen molar-refractivity contribution in [3.8, 4) is 0 Å². The lowest BCUT2D eigenvalue weighted by Gasteiger charge is -2.05. The van der Waals surface area contributed by atoms with Crippen LogP contribution in [0.3, 0.4) is 0 Å². The second kappa shape index (κ2) is 7.36. The van der Waals surface area contributed by atoms with E-state index >= 15 is 0 Å². The van der Waals surface area contributed by atoms with Crippen molar-refractivity contribution < 1.29 is 4.79 Å². The topological polar surface area (TPSA) is 34.9 Å². The molecule has 0 unspecified atom stereocenters. The minimum absolute atomic E-state index is 0.101. The third-order valence-corrected chi connectivity index (χ3v) is 3.52. The number of nitrogens with zero attached hydrogens (tertiary/aromatic N) is 2. The zero-order valence-electron chi connectivity index (χ0n) is 12.8. The molecule has 3 rings (SSSR count). The number of hydrogen-bond acceptors (Lipinski definition) is 2. The molecular formula is C19H20N2O. The van der Waals surface area contributed by atoms with Gasteiger partial charge in [-0.1, -0.05) is 37.3 Å². The maximum absolute atomic E-state index is 12.2. The predicted octanol–water partition coefficient (Wildman–Crippen LogP) is 4.28. The van der Waals surface area contributed by atoms with Gasteiger partial charge >= 0.3 is 0 Å². The minimum Gasteiger partial charge on any atom is -0.330 e. The van der Waals surface area contributed by atoms with Gasteiger partial charge in [-0.25, -0.2) is 4.98 Å². The van der Waals surface area contributed by atoms with E-state index in [1.165, 1.54) is 10.9 Å². The van der Waals surface area contributed by atoms with Crippen molar-refractivity contribution in [2.45, 2.75) is 19.9 Å². The van der Waals surface area contributed by atoms with Gasteiger partial charge in [0.25, 0.3) is 0 Å². The van der Waals surface area contributed by atoms with Crippen LogP contribution < -0.4 is 0 Å². The maximum atomic E-state index is 12.2. The summed E-state index contributed by atoms with van der Waals surface area (Å²) in [5.41, 5.74) is 2.06. The van der Waals surface area contributed by atoms with Gasteiger partial charge in [-0.05, 0) is 28.8 Å². The highest BCUT2D eigenvalue weighted by molar-refractivity contribution is 5.99. The molecule has 0 spiro atoms. The molecule has 2 aromatic carbocycles. The summed E-state index contributed by atoms with van der Waals surface area (Å²) < 4.78 is 1.78. The highest BCUT2D eigenvalue weighted by Crippen LogP contribution is 2.19. The maximum Gasteiger partial charge on any atom is 0.182 e. The van der Waals surface area contributed by atoms with E-state index in [0.717, 1.165) is 17.4 Å². The Labute approximate surface area is 130 Å². The Morgan fingerprint density at radius 3 is 2.55 bits per heavy atom. The molecular weight excluding hydrogens is 272 g/mol. The van der Waals surface area contributed by atoms with Crippen LogP contribution in [0.15, 0.2) is 68.3 Å². The van der Waals surface area contributed by atoms with Crippen molar-refractivity contribution in [3.63, 3.8) is 0 Å². The third kappa shape index (κ3) is 3.50. The number of hydrogen-bond donors (Lipinski definition) is 0. The van der Waals surface area contributed by atoms with Gasteiger partial charge in [0, 0.05) is 18.0 Å². The summed E-state index contributed by atoms with van der Waals surface area (Å²) in [6, 6.07) is 12.3. The molecule has 3 nitrogen and oxygen atoms in total. The van der Waals surface area contributed by atoms with Gasteiger partial charge in [0.15, 0.2) is 5.78 Å². The standard InChI is InChI=1S/C17H16N2O.C2H4/c1-2-13-3-4-15-10-16(6-5-14(15)9-13)17(20)11-19-8-7-18-12-19;1-2/h3-10,12H,2,11H2,1H3;1-2H2. The number of aryl methyl sites for hydroxylation is 1. The van der Waals surface area contributed by atoms with Crippen molar-refractivity contribution in [2.75, 3.05) is 0 Å². The number of ketones is 1. The number of benzene rings is 2. The molecule has 3 aromatic rings. The van der Waals surface area contributed by atoms with Crippen LogP contribution in [0.25, 0.3) is 10.8 Å². The largest absolute Gasteiger partial charge is 0.330 e. The number of rotatable bonds is 4. The molecule has 112 valence electrons. The van der Waals surface area contributed by atoms with E-state index in [4.69, 9.17) is 0 Å². The zero-order valence-corrected chi connectivity index (χ0v) is 12.8. The summed E-state index contributed by atoms with van der Waals surface area (Å²) in [5.74, 6) is 0.101. The summed E-state index contributed by atoms with van der Waals surface area (Å²) in [6.45, 7) is 8.47. The van der Waals surface area contributed by atoms with E-state index in [9.17, 15) is 4.79 Å². The van der Waals surface area contributed by atoms with Crippen LogP contribution in [0.5, 0.6) is 0 Å². The Morgan fingerprint density at radius 2 is 1.86 bits per heavy atom. The lowest BCUT2D eigenvalue weighted by atomic mass is 10.0. The smallest absolute Gasteiger partial charge is 0.182 e. The van der Waals surface area contributed by atoms with Crippen LogP contribution in [0.2, 0.25) is 0 Å². The molecule has 0 fully saturated rings. The molecule has 0 saturated heterocycles. The number of fused-ring (bicyclic) bond motifs is 1. The van der Waals surface area contributed by atoms with Crippen LogP contribution in [0.4, 0.5) is 0 Å². The fourth-order valence-corrected chi connectivity index (χ4v) is 2.33. The number of Topliss-reactive ketones (excluding diaryl/α,β-unsaturated/α-hetero) is 1. The lowest BCUT2D eigenvalue weighted by Crippen LogP contribution is -2.08. The minimum atomic E-state index is 0.101. The number of carbonyl (C=O) groups excluding carboxylic acids is 1. The molecule has 0 aliphatic heterocycles. The molecule has 22 heavy (non-hydrogen) atoms. The Kier molecular flexibility index (Phi) is 5.26. The van der Waals surface area contributed by atoms with Gasteiger partial charge in [-0.3, -0.25) is 4.79 Å². The van der Waals surface area contributed by atoms with Crippen LogP contribution in [-0.2, 0) is 13.0 Å². The van der Waals surface area contributed by atoms with Crippen LogP contribution >= 0.6 is 0 Å². The second-order valence-electron chi connectivity index (χ2n) is 4.91. The summed E-state index contributed by atoms with van der Waals surface area (Å²) >= 11 is 0. The lowest BCUT2D eigenvalue weighted by molar-refractivity contribution is 0.0972. The molecule has 0 aliphatic carbocycles. The number of imidazole rings is 1. The van der Waals surface area contributed by atoms with E-state index in [2.05, 4.69) is 43.3 Å². The van der Waals surface area contributed by atoms with Crippen molar-refractivity contribution in [2.24, 2.45) is 0 Å². The van der Waals surface area contributed by atoms with Gasteiger partial charge in [-0.2, -0.15) is 0 Å². The monoisotopic (exact) mass is 292 g/mol. The Balaban J connectivity index is 0.000000847. The van der Waals surface area contributed by atoms with Crippen molar-refractivity contribution in [3.05, 3.63) is 79.4 Å². The highest BCUT2D eigenvalue weighted by atomic mass is 16.1. The first-order valence-electron chi connectivity index (χ1n) is 7.28. The first-order valence-corrected chi connectivity index (χ1v) is 7.28. The molecule has 0 aliphatic rings. The average Bonchev–Trinajstić information content (AvgIpc) is 3.08. The summed E-state index contributed by atoms with van der Waals surface area (Å²) in [4.78, 5) is 16.2. The summed E-state index contributed by atoms with van der Waals surface area (Å²) in [7, 11) is 0. The van der Waals surface area contributed by atoms with Gasteiger partial charge in [-0.15, -0.1) is 13.2 Å². The molecule has 0 saturated carbocycles. The van der Waals surface area contributed by atoms with E-state index < -0.39 is 0 Å². The van der Waals surface area contributed by atoms with Gasteiger partial charge in [0.1, 0.15) is 0 Å². The second-order valence-corrected chi connectivity index (χ2v) is 4.91. The summed E-state index contributed by atoms with van der Waals surface area (Å²) in [5, 5.41) is 2.29. The van der Waals surface area contributed by atoms with E-state index in [1.807, 2.05) is 18.2 Å².